The fraction of sp³-hybridized carbons (Fsp3) is 0.647. The molecule has 0 saturated carbocycles. The lowest BCUT2D eigenvalue weighted by Crippen LogP contribution is -2.48. The van der Waals surface area contributed by atoms with Crippen LogP contribution in [-0.4, -0.2) is 74.1 Å². The van der Waals surface area contributed by atoms with Crippen LogP contribution in [0.25, 0.3) is 0 Å². The summed E-state index contributed by atoms with van der Waals surface area (Å²) in [5.74, 6) is -0.672. The van der Waals surface area contributed by atoms with E-state index in [4.69, 9.17) is 0 Å². The van der Waals surface area contributed by atoms with Gasteiger partial charge in [-0.05, 0) is 38.1 Å². The maximum atomic E-state index is 12.7. The number of carbonyl (C=O) groups excluding carboxylic acids is 2. The first-order chi connectivity index (χ1) is 12.3. The summed E-state index contributed by atoms with van der Waals surface area (Å²) in [5.41, 5.74) is 0. The van der Waals surface area contributed by atoms with Crippen molar-refractivity contribution in [1.29, 1.82) is 0 Å². The first-order valence-corrected chi connectivity index (χ1v) is 11.2. The van der Waals surface area contributed by atoms with Gasteiger partial charge in [0.05, 0.1) is 12.5 Å². The number of piperidine rings is 1. The number of hydrogen-bond donors (Lipinski definition) is 0. The van der Waals surface area contributed by atoms with E-state index in [0.717, 1.165) is 0 Å². The number of rotatable bonds is 7. The highest BCUT2D eigenvalue weighted by Gasteiger charge is 2.35. The van der Waals surface area contributed by atoms with Gasteiger partial charge in [-0.1, -0.05) is 6.07 Å². The SMILES string of the molecule is CCN(CC)C(=O)CN(C)C(=O)[C@H]1CCCN(S(=O)(=O)c2cccs2)C1. The molecular formula is C17H27N3O4S2. The number of carbonyl (C=O) groups is 2. The third-order valence-electron chi connectivity index (χ3n) is 4.69. The van der Waals surface area contributed by atoms with Crippen molar-refractivity contribution in [1.82, 2.24) is 14.1 Å². The van der Waals surface area contributed by atoms with E-state index in [9.17, 15) is 18.0 Å². The largest absolute Gasteiger partial charge is 0.342 e. The van der Waals surface area contributed by atoms with Crippen LogP contribution in [0.5, 0.6) is 0 Å². The Labute approximate surface area is 159 Å². The maximum Gasteiger partial charge on any atom is 0.252 e. The average molecular weight is 402 g/mol. The zero-order valence-corrected chi connectivity index (χ0v) is 17.2. The summed E-state index contributed by atoms with van der Waals surface area (Å²) < 4.78 is 27.1. The van der Waals surface area contributed by atoms with Gasteiger partial charge in [-0.15, -0.1) is 11.3 Å². The van der Waals surface area contributed by atoms with E-state index in [1.807, 2.05) is 13.8 Å². The Hall–Kier alpha value is -1.45. The molecule has 26 heavy (non-hydrogen) atoms. The van der Waals surface area contributed by atoms with Crippen molar-refractivity contribution >= 4 is 33.2 Å². The number of hydrogen-bond acceptors (Lipinski definition) is 5. The topological polar surface area (TPSA) is 78.0 Å². The van der Waals surface area contributed by atoms with Gasteiger partial charge in [-0.2, -0.15) is 4.31 Å². The van der Waals surface area contributed by atoms with Gasteiger partial charge in [0.15, 0.2) is 0 Å². The number of thiophene rings is 1. The summed E-state index contributed by atoms with van der Waals surface area (Å²) in [6.45, 7) is 5.63. The van der Waals surface area contributed by atoms with Crippen molar-refractivity contribution in [3.8, 4) is 0 Å². The van der Waals surface area contributed by atoms with Gasteiger partial charge >= 0.3 is 0 Å². The highest BCUT2D eigenvalue weighted by Crippen LogP contribution is 2.27. The maximum absolute atomic E-state index is 12.7. The number of amides is 2. The number of nitrogens with zero attached hydrogens (tertiary/aromatic N) is 3. The van der Waals surface area contributed by atoms with Crippen molar-refractivity contribution in [2.75, 3.05) is 39.8 Å². The Morgan fingerprint density at radius 1 is 1.31 bits per heavy atom. The normalized spacial score (nSPS) is 18.5. The molecule has 0 aliphatic carbocycles. The molecule has 1 fully saturated rings. The van der Waals surface area contributed by atoms with Crippen LogP contribution in [0.4, 0.5) is 0 Å². The van der Waals surface area contributed by atoms with Crippen LogP contribution in [0.1, 0.15) is 26.7 Å². The summed E-state index contributed by atoms with van der Waals surface area (Å²) in [6.07, 6.45) is 1.28. The van der Waals surface area contributed by atoms with E-state index in [-0.39, 0.29) is 24.9 Å². The molecule has 0 N–H and O–H groups in total. The summed E-state index contributed by atoms with van der Waals surface area (Å²) in [4.78, 5) is 28.0. The fourth-order valence-corrected chi connectivity index (χ4v) is 5.84. The summed E-state index contributed by atoms with van der Waals surface area (Å²) in [7, 11) is -1.94. The fourth-order valence-electron chi connectivity index (χ4n) is 3.17. The Bertz CT molecular complexity index is 714. The second kappa shape index (κ2) is 8.96. The van der Waals surface area contributed by atoms with Gasteiger partial charge < -0.3 is 9.80 Å². The van der Waals surface area contributed by atoms with Gasteiger partial charge in [0.25, 0.3) is 10.0 Å². The molecule has 0 aromatic carbocycles. The van der Waals surface area contributed by atoms with Crippen LogP contribution in [-0.2, 0) is 19.6 Å². The van der Waals surface area contributed by atoms with E-state index in [1.54, 1.807) is 29.5 Å². The van der Waals surface area contributed by atoms with Crippen LogP contribution < -0.4 is 0 Å². The highest BCUT2D eigenvalue weighted by atomic mass is 32.2. The standard InChI is InChI=1S/C17H27N3O4S2/c1-4-19(5-2)15(21)13-18(3)17(22)14-8-6-10-20(12-14)26(23,24)16-9-7-11-25-16/h7,9,11,14H,4-6,8,10,12-13H2,1-3H3/t14-/m0/s1. The Morgan fingerprint density at radius 3 is 2.58 bits per heavy atom. The van der Waals surface area contributed by atoms with Crippen molar-refractivity contribution in [3.63, 3.8) is 0 Å². The molecule has 1 aromatic heterocycles. The van der Waals surface area contributed by atoms with Gasteiger partial charge in [-0.3, -0.25) is 9.59 Å². The van der Waals surface area contributed by atoms with E-state index >= 15 is 0 Å². The van der Waals surface area contributed by atoms with Crippen molar-refractivity contribution in [2.45, 2.75) is 30.9 Å². The van der Waals surface area contributed by atoms with Gasteiger partial charge in [-0.25, -0.2) is 8.42 Å². The van der Waals surface area contributed by atoms with Crippen LogP contribution in [0.15, 0.2) is 21.7 Å². The second-order valence-corrected chi connectivity index (χ2v) is 9.51. The van der Waals surface area contributed by atoms with Crippen LogP contribution >= 0.6 is 11.3 Å². The smallest absolute Gasteiger partial charge is 0.252 e. The number of sulfonamides is 1. The Kier molecular flexibility index (Phi) is 7.19. The predicted octanol–water partition coefficient (Wildman–Crippen LogP) is 1.48. The quantitative estimate of drug-likeness (QED) is 0.693. The third kappa shape index (κ3) is 4.63. The number of likely N-dealkylation sites (N-methyl/N-ethyl adjacent to an activating group) is 2. The lowest BCUT2D eigenvalue weighted by molar-refractivity contribution is -0.142. The zero-order valence-electron chi connectivity index (χ0n) is 15.6. The molecule has 0 spiro atoms. The molecule has 2 heterocycles. The third-order valence-corrected chi connectivity index (χ3v) is 7.93. The van der Waals surface area contributed by atoms with Crippen LogP contribution in [0.3, 0.4) is 0 Å². The molecule has 0 unspecified atom stereocenters. The molecule has 9 heteroatoms. The van der Waals surface area contributed by atoms with Crippen molar-refractivity contribution in [2.24, 2.45) is 5.92 Å². The summed E-state index contributed by atoms with van der Waals surface area (Å²) in [6, 6.07) is 3.29. The van der Waals surface area contributed by atoms with Gasteiger partial charge in [0.1, 0.15) is 4.21 Å². The summed E-state index contributed by atoms with van der Waals surface area (Å²) in [5, 5.41) is 1.73. The van der Waals surface area contributed by atoms with E-state index in [1.165, 1.54) is 20.5 Å². The molecule has 0 bridgehead atoms. The van der Waals surface area contributed by atoms with Crippen LogP contribution in [0, 0.1) is 5.92 Å². The highest BCUT2D eigenvalue weighted by molar-refractivity contribution is 7.91. The molecule has 1 aliphatic rings. The molecule has 0 radical (unpaired) electrons. The lowest BCUT2D eigenvalue weighted by atomic mass is 9.98. The minimum absolute atomic E-state index is 0.0225. The molecule has 1 aromatic rings. The Balaban J connectivity index is 2.02. The van der Waals surface area contributed by atoms with E-state index in [2.05, 4.69) is 0 Å². The minimum Gasteiger partial charge on any atom is -0.342 e. The first-order valence-electron chi connectivity index (χ1n) is 8.87. The minimum atomic E-state index is -3.55. The molecule has 1 atom stereocenters. The molecule has 7 nitrogen and oxygen atoms in total. The lowest BCUT2D eigenvalue weighted by Gasteiger charge is -2.33. The predicted molar refractivity (Wildman–Crippen MR) is 101 cm³/mol. The summed E-state index contributed by atoms with van der Waals surface area (Å²) >= 11 is 1.18. The molecule has 1 saturated heterocycles. The van der Waals surface area contributed by atoms with Gasteiger partial charge in [0.2, 0.25) is 11.8 Å². The monoisotopic (exact) mass is 401 g/mol. The molecular weight excluding hydrogens is 374 g/mol. The zero-order chi connectivity index (χ0) is 19.3. The molecule has 2 rings (SSSR count). The average Bonchev–Trinajstić information content (AvgIpc) is 3.17. The van der Waals surface area contributed by atoms with Crippen LogP contribution in [0.2, 0.25) is 0 Å². The van der Waals surface area contributed by atoms with E-state index in [0.29, 0.717) is 36.7 Å². The van der Waals surface area contributed by atoms with Gasteiger partial charge in [0, 0.05) is 33.2 Å². The molecule has 2 amide bonds. The molecule has 1 aliphatic heterocycles. The second-order valence-electron chi connectivity index (χ2n) is 6.39. The van der Waals surface area contributed by atoms with Crippen molar-refractivity contribution < 1.29 is 18.0 Å². The first kappa shape index (κ1) is 20.9. The van der Waals surface area contributed by atoms with E-state index < -0.39 is 15.9 Å². The molecule has 146 valence electrons. The van der Waals surface area contributed by atoms with Crippen molar-refractivity contribution in [3.05, 3.63) is 17.5 Å². The Morgan fingerprint density at radius 2 is 2.00 bits per heavy atom.